The number of ether oxygens (including phenoxy) is 1. The number of nitrogens with zero attached hydrogens (tertiary/aromatic N) is 1. The van der Waals surface area contributed by atoms with Crippen molar-refractivity contribution in [2.24, 2.45) is 0 Å². The number of carbonyl (C=O) groups is 3. The minimum absolute atomic E-state index is 0.180. The molecule has 3 rings (SSSR count). The Morgan fingerprint density at radius 3 is 2.52 bits per heavy atom. The zero-order valence-electron chi connectivity index (χ0n) is 16.5. The lowest BCUT2D eigenvalue weighted by atomic mass is 9.94. The quantitative estimate of drug-likeness (QED) is 0.703. The molecule has 1 unspecified atom stereocenters. The zero-order valence-corrected chi connectivity index (χ0v) is 17.3. The van der Waals surface area contributed by atoms with E-state index in [-0.39, 0.29) is 18.5 Å². The van der Waals surface area contributed by atoms with E-state index in [4.69, 9.17) is 4.74 Å². The standard InChI is InChI=1S/C21H23N3O4S/c1-4-24-13(3)17(20(26)28-5-2)18(23-21(24)27)14-8-10-15(11-9-14)22-19(25)16-7-6-12-29-16/h6-12,18H,4-5H2,1-3H3,(H,22,25)(H,23,27). The second-order valence-corrected chi connectivity index (χ2v) is 7.35. The van der Waals surface area contributed by atoms with Gasteiger partial charge in [0.15, 0.2) is 0 Å². The van der Waals surface area contributed by atoms with Gasteiger partial charge in [0.1, 0.15) is 0 Å². The SMILES string of the molecule is CCOC(=O)C1=C(C)N(CC)C(=O)NC1c1ccc(NC(=O)c2cccs2)cc1. The van der Waals surface area contributed by atoms with Gasteiger partial charge in [0.2, 0.25) is 0 Å². The third-order valence-electron chi connectivity index (χ3n) is 4.65. The minimum Gasteiger partial charge on any atom is -0.463 e. The Bertz CT molecular complexity index is 935. The number of hydrogen-bond acceptors (Lipinski definition) is 5. The highest BCUT2D eigenvalue weighted by molar-refractivity contribution is 7.12. The summed E-state index contributed by atoms with van der Waals surface area (Å²) in [7, 11) is 0. The fourth-order valence-corrected chi connectivity index (χ4v) is 3.86. The van der Waals surface area contributed by atoms with Crippen LogP contribution in [0.3, 0.4) is 0 Å². The topological polar surface area (TPSA) is 87.7 Å². The van der Waals surface area contributed by atoms with Crippen molar-refractivity contribution >= 4 is 34.9 Å². The summed E-state index contributed by atoms with van der Waals surface area (Å²) in [5.41, 5.74) is 2.34. The van der Waals surface area contributed by atoms with Crippen LogP contribution in [0, 0.1) is 0 Å². The highest BCUT2D eigenvalue weighted by Crippen LogP contribution is 2.31. The number of nitrogens with one attached hydrogen (secondary N) is 2. The molecular weight excluding hydrogens is 390 g/mol. The highest BCUT2D eigenvalue weighted by Gasteiger charge is 2.35. The van der Waals surface area contributed by atoms with E-state index in [1.165, 1.54) is 16.2 Å². The number of thiophene rings is 1. The number of esters is 1. The molecular formula is C21H23N3O4S. The van der Waals surface area contributed by atoms with Crippen LogP contribution in [0.4, 0.5) is 10.5 Å². The maximum Gasteiger partial charge on any atom is 0.338 e. The lowest BCUT2D eigenvalue weighted by molar-refractivity contribution is -0.139. The van der Waals surface area contributed by atoms with Gasteiger partial charge in [-0.1, -0.05) is 18.2 Å². The molecule has 0 fully saturated rings. The van der Waals surface area contributed by atoms with Crippen LogP contribution in [0.5, 0.6) is 0 Å². The predicted molar refractivity (Wildman–Crippen MR) is 112 cm³/mol. The van der Waals surface area contributed by atoms with Crippen LogP contribution in [0.15, 0.2) is 53.0 Å². The summed E-state index contributed by atoms with van der Waals surface area (Å²) in [6.45, 7) is 6.03. The lowest BCUT2D eigenvalue weighted by Gasteiger charge is -2.34. The maximum absolute atomic E-state index is 12.6. The van der Waals surface area contributed by atoms with E-state index in [1.54, 1.807) is 44.2 Å². The van der Waals surface area contributed by atoms with Crippen LogP contribution < -0.4 is 10.6 Å². The predicted octanol–water partition coefficient (Wildman–Crippen LogP) is 3.92. The average molecular weight is 413 g/mol. The third kappa shape index (κ3) is 4.32. The van der Waals surface area contributed by atoms with Crippen molar-refractivity contribution in [1.82, 2.24) is 10.2 Å². The summed E-state index contributed by atoms with van der Waals surface area (Å²) in [5, 5.41) is 7.56. The van der Waals surface area contributed by atoms with Crippen LogP contribution in [-0.4, -0.2) is 36.0 Å². The van der Waals surface area contributed by atoms with Gasteiger partial charge in [-0.15, -0.1) is 11.3 Å². The number of benzene rings is 1. The van der Waals surface area contributed by atoms with E-state index < -0.39 is 12.0 Å². The Labute approximate surface area is 173 Å². The molecule has 1 aliphatic rings. The van der Waals surface area contributed by atoms with Gasteiger partial charge in [0.25, 0.3) is 5.91 Å². The van der Waals surface area contributed by atoms with Crippen LogP contribution in [0.2, 0.25) is 0 Å². The summed E-state index contributed by atoms with van der Waals surface area (Å²) in [6.07, 6.45) is 0. The molecule has 0 aliphatic carbocycles. The Morgan fingerprint density at radius 1 is 1.21 bits per heavy atom. The van der Waals surface area contributed by atoms with Crippen molar-refractivity contribution in [2.75, 3.05) is 18.5 Å². The first-order valence-corrected chi connectivity index (χ1v) is 10.2. The number of carbonyl (C=O) groups excluding carboxylic acids is 3. The molecule has 1 aliphatic heterocycles. The normalized spacial score (nSPS) is 16.4. The van der Waals surface area contributed by atoms with Crippen molar-refractivity contribution in [3.8, 4) is 0 Å². The van der Waals surface area contributed by atoms with Crippen LogP contribution in [0.1, 0.15) is 42.0 Å². The fourth-order valence-electron chi connectivity index (χ4n) is 3.24. The van der Waals surface area contributed by atoms with Gasteiger partial charge >= 0.3 is 12.0 Å². The second-order valence-electron chi connectivity index (χ2n) is 6.40. The van der Waals surface area contributed by atoms with Gasteiger partial charge in [-0.25, -0.2) is 9.59 Å². The van der Waals surface area contributed by atoms with E-state index in [1.807, 2.05) is 18.4 Å². The minimum atomic E-state index is -0.619. The van der Waals surface area contributed by atoms with Crippen LogP contribution >= 0.6 is 11.3 Å². The van der Waals surface area contributed by atoms with Crippen molar-refractivity contribution in [2.45, 2.75) is 26.8 Å². The van der Waals surface area contributed by atoms with Gasteiger partial charge in [-0.05, 0) is 49.9 Å². The van der Waals surface area contributed by atoms with E-state index in [0.29, 0.717) is 28.4 Å². The number of urea groups is 1. The summed E-state index contributed by atoms with van der Waals surface area (Å²) < 4.78 is 5.22. The van der Waals surface area contributed by atoms with E-state index in [0.717, 1.165) is 5.56 Å². The molecule has 7 nitrogen and oxygen atoms in total. The summed E-state index contributed by atoms with van der Waals surface area (Å²) in [5.74, 6) is -0.635. The molecule has 29 heavy (non-hydrogen) atoms. The Kier molecular flexibility index (Phi) is 6.33. The number of rotatable bonds is 6. The second kappa shape index (κ2) is 8.91. The molecule has 8 heteroatoms. The summed E-state index contributed by atoms with van der Waals surface area (Å²) in [6, 6.07) is 9.75. The molecule has 2 N–H and O–H groups in total. The van der Waals surface area contributed by atoms with Gasteiger partial charge in [0, 0.05) is 17.9 Å². The number of amides is 3. The van der Waals surface area contributed by atoms with Crippen LogP contribution in [-0.2, 0) is 9.53 Å². The highest BCUT2D eigenvalue weighted by atomic mass is 32.1. The molecule has 1 aromatic heterocycles. The molecule has 0 saturated carbocycles. The molecule has 0 spiro atoms. The molecule has 0 saturated heterocycles. The van der Waals surface area contributed by atoms with E-state index in [9.17, 15) is 14.4 Å². The van der Waals surface area contributed by atoms with Gasteiger partial charge in [-0.3, -0.25) is 9.69 Å². The van der Waals surface area contributed by atoms with Gasteiger partial charge in [-0.2, -0.15) is 0 Å². The smallest absolute Gasteiger partial charge is 0.338 e. The van der Waals surface area contributed by atoms with Gasteiger partial charge < -0.3 is 15.4 Å². The molecule has 1 aromatic carbocycles. The molecule has 152 valence electrons. The monoisotopic (exact) mass is 413 g/mol. The first kappa shape index (κ1) is 20.6. The fraction of sp³-hybridized carbons (Fsp3) is 0.286. The molecule has 3 amide bonds. The number of anilines is 1. The molecule has 0 radical (unpaired) electrons. The maximum atomic E-state index is 12.6. The Morgan fingerprint density at radius 2 is 1.93 bits per heavy atom. The Balaban J connectivity index is 1.87. The summed E-state index contributed by atoms with van der Waals surface area (Å²) in [4.78, 5) is 39.4. The summed E-state index contributed by atoms with van der Waals surface area (Å²) >= 11 is 1.37. The first-order chi connectivity index (χ1) is 14.0. The van der Waals surface area contributed by atoms with Gasteiger partial charge in [0.05, 0.1) is 23.1 Å². The molecule has 0 bridgehead atoms. The van der Waals surface area contributed by atoms with Crippen molar-refractivity contribution < 1.29 is 19.1 Å². The van der Waals surface area contributed by atoms with Crippen molar-refractivity contribution in [3.63, 3.8) is 0 Å². The van der Waals surface area contributed by atoms with Crippen molar-refractivity contribution in [3.05, 3.63) is 63.5 Å². The number of allylic oxidation sites excluding steroid dienone is 1. The first-order valence-electron chi connectivity index (χ1n) is 9.37. The van der Waals surface area contributed by atoms with Crippen molar-refractivity contribution in [1.29, 1.82) is 0 Å². The Hall–Kier alpha value is -3.13. The third-order valence-corrected chi connectivity index (χ3v) is 5.52. The van der Waals surface area contributed by atoms with E-state index in [2.05, 4.69) is 10.6 Å². The molecule has 1 atom stereocenters. The number of hydrogen-bond donors (Lipinski definition) is 2. The average Bonchev–Trinajstić information content (AvgIpc) is 3.23. The molecule has 2 aromatic rings. The zero-order chi connectivity index (χ0) is 21.0. The molecule has 2 heterocycles. The van der Waals surface area contributed by atoms with E-state index >= 15 is 0 Å². The lowest BCUT2D eigenvalue weighted by Crippen LogP contribution is -2.47. The van der Waals surface area contributed by atoms with Crippen LogP contribution in [0.25, 0.3) is 0 Å². The largest absolute Gasteiger partial charge is 0.463 e.